The fourth-order valence-corrected chi connectivity index (χ4v) is 3.65. The molecule has 70 valence electrons. The lowest BCUT2D eigenvalue weighted by molar-refractivity contribution is 0.350. The predicted molar refractivity (Wildman–Crippen MR) is 47.7 cm³/mol. The Labute approximate surface area is 73.7 Å². The zero-order valence-electron chi connectivity index (χ0n) is 7.53. The van der Waals surface area contributed by atoms with E-state index in [1.165, 1.54) is 6.26 Å². The van der Waals surface area contributed by atoms with Crippen LogP contribution < -0.4 is 0 Å². The normalized spacial score (nSPS) is 41.3. The average molecular weight is 189 g/mol. The van der Waals surface area contributed by atoms with Gasteiger partial charge in [-0.3, -0.25) is 0 Å². The molecule has 0 aromatic carbocycles. The third-order valence-corrected chi connectivity index (χ3v) is 4.04. The minimum atomic E-state index is -2.74. The van der Waals surface area contributed by atoms with E-state index in [1.807, 2.05) is 0 Å². The van der Waals surface area contributed by atoms with Crippen LogP contribution in [0, 0.1) is 17.8 Å². The summed E-state index contributed by atoms with van der Waals surface area (Å²) in [6, 6.07) is 0. The van der Waals surface area contributed by atoms with Crippen LogP contribution in [0.3, 0.4) is 0 Å². The molecule has 0 N–H and O–H groups in total. The molecule has 0 radical (unpaired) electrons. The number of hydrogen-bond donors (Lipinski definition) is 0. The number of sulfone groups is 1. The van der Waals surface area contributed by atoms with Crippen LogP contribution in [0.2, 0.25) is 0 Å². The maximum atomic E-state index is 11.0. The van der Waals surface area contributed by atoms with Crippen molar-refractivity contribution in [2.75, 3.05) is 32.1 Å². The van der Waals surface area contributed by atoms with Crippen LogP contribution in [-0.4, -0.2) is 45.5 Å². The smallest absolute Gasteiger partial charge is 0.147 e. The fraction of sp³-hybridized carbons (Fsp3) is 1.00. The monoisotopic (exact) mass is 189 g/mol. The summed E-state index contributed by atoms with van der Waals surface area (Å²) >= 11 is 0. The molecule has 0 unspecified atom stereocenters. The van der Waals surface area contributed by atoms with Gasteiger partial charge in [0.1, 0.15) is 9.84 Å². The summed E-state index contributed by atoms with van der Waals surface area (Å²) in [7, 11) is -0.638. The van der Waals surface area contributed by atoms with Crippen molar-refractivity contribution in [2.24, 2.45) is 17.8 Å². The third kappa shape index (κ3) is 1.50. The van der Waals surface area contributed by atoms with E-state index in [0.717, 1.165) is 13.1 Å². The Bertz CT molecular complexity index is 273. The second-order valence-corrected chi connectivity index (χ2v) is 6.49. The first kappa shape index (κ1) is 8.51. The van der Waals surface area contributed by atoms with Crippen molar-refractivity contribution in [3.8, 4) is 0 Å². The Balaban J connectivity index is 1.91. The second kappa shape index (κ2) is 2.45. The number of rotatable bonds is 2. The molecule has 2 fully saturated rings. The zero-order valence-corrected chi connectivity index (χ0v) is 8.34. The molecular formula is C8H15NO2S. The van der Waals surface area contributed by atoms with Gasteiger partial charge in [0.15, 0.2) is 0 Å². The molecule has 2 aliphatic rings. The van der Waals surface area contributed by atoms with E-state index < -0.39 is 9.84 Å². The van der Waals surface area contributed by atoms with Crippen LogP contribution in [-0.2, 0) is 9.84 Å². The SMILES string of the molecule is CN1C[C@@H]2[C@H](C1)[C@H]2CS(C)(=O)=O. The lowest BCUT2D eigenvalue weighted by Crippen LogP contribution is -2.21. The standard InChI is InChI=1S/C8H15NO2S/c1-9-3-6-7(4-9)8(6)5-12(2,10)11/h6-8H,3-5H2,1-2H3/t6-,7+,8+. The molecule has 4 heteroatoms. The molecule has 2 rings (SSSR count). The van der Waals surface area contributed by atoms with Crippen LogP contribution in [0.1, 0.15) is 0 Å². The molecule has 0 aromatic rings. The lowest BCUT2D eigenvalue weighted by Gasteiger charge is -2.11. The van der Waals surface area contributed by atoms with Crippen LogP contribution >= 0.6 is 0 Å². The Morgan fingerprint density at radius 1 is 1.33 bits per heavy atom. The quantitative estimate of drug-likeness (QED) is 0.605. The van der Waals surface area contributed by atoms with Gasteiger partial charge >= 0.3 is 0 Å². The highest BCUT2D eigenvalue weighted by molar-refractivity contribution is 7.90. The molecule has 3 nitrogen and oxygen atoms in total. The van der Waals surface area contributed by atoms with Crippen molar-refractivity contribution < 1.29 is 8.42 Å². The summed E-state index contributed by atoms with van der Waals surface area (Å²) < 4.78 is 22.0. The fourth-order valence-electron chi connectivity index (χ4n) is 2.46. The van der Waals surface area contributed by atoms with Gasteiger partial charge in [0.25, 0.3) is 0 Å². The second-order valence-electron chi connectivity index (χ2n) is 4.31. The van der Waals surface area contributed by atoms with E-state index in [-0.39, 0.29) is 0 Å². The average Bonchev–Trinajstić information content (AvgIpc) is 2.42. The maximum absolute atomic E-state index is 11.0. The van der Waals surface area contributed by atoms with Gasteiger partial charge in [0, 0.05) is 19.3 Å². The Morgan fingerprint density at radius 3 is 2.25 bits per heavy atom. The summed E-state index contributed by atoms with van der Waals surface area (Å²) in [6.07, 6.45) is 1.34. The molecule has 1 saturated carbocycles. The van der Waals surface area contributed by atoms with Crippen LogP contribution in [0.25, 0.3) is 0 Å². The van der Waals surface area contributed by atoms with Gasteiger partial charge in [-0.1, -0.05) is 0 Å². The van der Waals surface area contributed by atoms with Gasteiger partial charge in [-0.05, 0) is 24.8 Å². The van der Waals surface area contributed by atoms with Gasteiger partial charge in [-0.15, -0.1) is 0 Å². The van der Waals surface area contributed by atoms with E-state index >= 15 is 0 Å². The maximum Gasteiger partial charge on any atom is 0.147 e. The van der Waals surface area contributed by atoms with Crippen molar-refractivity contribution in [3.63, 3.8) is 0 Å². The van der Waals surface area contributed by atoms with Crippen molar-refractivity contribution in [3.05, 3.63) is 0 Å². The van der Waals surface area contributed by atoms with Gasteiger partial charge in [-0.25, -0.2) is 8.42 Å². The highest BCUT2D eigenvalue weighted by Crippen LogP contribution is 2.51. The topological polar surface area (TPSA) is 37.4 Å². The molecule has 3 atom stereocenters. The summed E-state index contributed by atoms with van der Waals surface area (Å²) in [6.45, 7) is 2.20. The van der Waals surface area contributed by atoms with Crippen LogP contribution in [0.15, 0.2) is 0 Å². The third-order valence-electron chi connectivity index (χ3n) is 3.05. The Hall–Kier alpha value is -0.0900. The van der Waals surface area contributed by atoms with Crippen molar-refractivity contribution in [1.82, 2.24) is 4.90 Å². The highest BCUT2D eigenvalue weighted by Gasteiger charge is 2.55. The molecule has 0 amide bonds. The largest absolute Gasteiger partial charge is 0.306 e. The predicted octanol–water partition coefficient (Wildman–Crippen LogP) is -0.161. The zero-order chi connectivity index (χ0) is 8.93. The number of fused-ring (bicyclic) bond motifs is 1. The van der Waals surface area contributed by atoms with E-state index in [2.05, 4.69) is 11.9 Å². The molecule has 1 saturated heterocycles. The molecule has 0 spiro atoms. The van der Waals surface area contributed by atoms with Crippen LogP contribution in [0.5, 0.6) is 0 Å². The first-order valence-corrected chi connectivity index (χ1v) is 6.40. The number of hydrogen-bond acceptors (Lipinski definition) is 3. The Morgan fingerprint density at radius 2 is 1.83 bits per heavy atom. The minimum absolute atomic E-state index is 0.413. The number of nitrogens with zero attached hydrogens (tertiary/aromatic N) is 1. The highest BCUT2D eigenvalue weighted by atomic mass is 32.2. The van der Waals surface area contributed by atoms with Gasteiger partial charge in [-0.2, -0.15) is 0 Å². The van der Waals surface area contributed by atoms with Crippen molar-refractivity contribution >= 4 is 9.84 Å². The molecular weight excluding hydrogens is 174 g/mol. The first-order valence-electron chi connectivity index (χ1n) is 4.33. The molecule has 1 aliphatic carbocycles. The van der Waals surface area contributed by atoms with E-state index in [1.54, 1.807) is 0 Å². The summed E-state index contributed by atoms with van der Waals surface area (Å²) in [5, 5.41) is 0. The summed E-state index contributed by atoms with van der Waals surface area (Å²) in [4.78, 5) is 2.29. The molecule has 12 heavy (non-hydrogen) atoms. The van der Waals surface area contributed by atoms with Gasteiger partial charge in [0.05, 0.1) is 5.75 Å². The van der Waals surface area contributed by atoms with Crippen molar-refractivity contribution in [1.29, 1.82) is 0 Å². The Kier molecular flexibility index (Phi) is 1.74. The number of piperidine rings is 1. The molecule has 1 heterocycles. The van der Waals surface area contributed by atoms with E-state index in [0.29, 0.717) is 23.5 Å². The first-order chi connectivity index (χ1) is 5.47. The number of likely N-dealkylation sites (tertiary alicyclic amines) is 1. The minimum Gasteiger partial charge on any atom is -0.306 e. The van der Waals surface area contributed by atoms with Crippen molar-refractivity contribution in [2.45, 2.75) is 0 Å². The summed E-state index contributed by atoms with van der Waals surface area (Å²) in [5.41, 5.74) is 0. The van der Waals surface area contributed by atoms with Gasteiger partial charge in [0.2, 0.25) is 0 Å². The molecule has 1 aliphatic heterocycles. The van der Waals surface area contributed by atoms with E-state index in [9.17, 15) is 8.42 Å². The van der Waals surface area contributed by atoms with Gasteiger partial charge < -0.3 is 4.90 Å². The van der Waals surface area contributed by atoms with E-state index in [4.69, 9.17) is 0 Å². The van der Waals surface area contributed by atoms with Crippen LogP contribution in [0.4, 0.5) is 0 Å². The molecule has 0 bridgehead atoms. The lowest BCUT2D eigenvalue weighted by atomic mass is 10.3. The molecule has 0 aromatic heterocycles. The summed E-state index contributed by atoms with van der Waals surface area (Å²) in [5.74, 6) is 2.27.